The summed E-state index contributed by atoms with van der Waals surface area (Å²) in [6.07, 6.45) is 0. The third-order valence-electron chi connectivity index (χ3n) is 8.78. The molecule has 0 atom stereocenters. The Kier molecular flexibility index (Phi) is 6.11. The summed E-state index contributed by atoms with van der Waals surface area (Å²) in [4.78, 5) is 12.6. The smallest absolute Gasteiger partial charge is 0.160 e. The second kappa shape index (κ2) is 10.2. The molecule has 0 saturated carbocycles. The Bertz CT molecular complexity index is 2290. The maximum atomic E-state index is 9.45. The molecule has 4 heteroatoms. The fraction of sp³-hybridized carbons (Fsp3) is 0.0750. The Morgan fingerprint density at radius 3 is 2.18 bits per heavy atom. The van der Waals surface area contributed by atoms with Crippen LogP contribution >= 0.6 is 11.8 Å². The van der Waals surface area contributed by atoms with Crippen molar-refractivity contribution in [3.63, 3.8) is 0 Å². The minimum Gasteiger partial charge on any atom is -0.228 e. The van der Waals surface area contributed by atoms with Gasteiger partial charge in [-0.2, -0.15) is 5.26 Å². The van der Waals surface area contributed by atoms with Gasteiger partial charge < -0.3 is 0 Å². The van der Waals surface area contributed by atoms with E-state index in [1.54, 1.807) is 11.8 Å². The highest BCUT2D eigenvalue weighted by molar-refractivity contribution is 7.99. The first kappa shape index (κ1) is 26.4. The quantitative estimate of drug-likeness (QED) is 0.208. The van der Waals surface area contributed by atoms with E-state index in [4.69, 9.17) is 9.97 Å². The number of hydrogen-bond acceptors (Lipinski definition) is 4. The zero-order chi connectivity index (χ0) is 29.8. The second-order valence-corrected chi connectivity index (χ2v) is 12.9. The van der Waals surface area contributed by atoms with E-state index in [1.807, 2.05) is 18.2 Å². The molecule has 0 bridgehead atoms. The van der Waals surface area contributed by atoms with E-state index >= 15 is 0 Å². The third kappa shape index (κ3) is 4.28. The number of rotatable bonds is 3. The molecule has 6 aromatic carbocycles. The molecular weight excluding hydrogens is 555 g/mol. The van der Waals surface area contributed by atoms with Crippen LogP contribution in [0.3, 0.4) is 0 Å². The van der Waals surface area contributed by atoms with Crippen LogP contribution in [0, 0.1) is 11.3 Å². The highest BCUT2D eigenvalue weighted by Crippen LogP contribution is 2.50. The lowest BCUT2D eigenvalue weighted by Gasteiger charge is -2.35. The van der Waals surface area contributed by atoms with Gasteiger partial charge in [0.25, 0.3) is 0 Å². The summed E-state index contributed by atoms with van der Waals surface area (Å²) < 4.78 is 0. The average Bonchev–Trinajstić information content (AvgIpc) is 3.07. The summed E-state index contributed by atoms with van der Waals surface area (Å²) in [6.45, 7) is 4.53. The number of aromatic nitrogens is 2. The molecule has 2 heterocycles. The summed E-state index contributed by atoms with van der Waals surface area (Å²) in [5, 5.41) is 13.0. The molecule has 1 aliphatic rings. The van der Waals surface area contributed by atoms with Gasteiger partial charge in [0, 0.05) is 31.7 Å². The van der Waals surface area contributed by atoms with Crippen molar-refractivity contribution < 1.29 is 0 Å². The average molecular weight is 582 g/mol. The van der Waals surface area contributed by atoms with Crippen LogP contribution in [0.1, 0.15) is 30.5 Å². The van der Waals surface area contributed by atoms with Crippen molar-refractivity contribution in [3.05, 3.63) is 144 Å². The Hall–Kier alpha value is -5.24. The van der Waals surface area contributed by atoms with Gasteiger partial charge in [0.05, 0.1) is 22.8 Å². The largest absolute Gasteiger partial charge is 0.228 e. The molecule has 8 rings (SSSR count). The standard InChI is InChI=1S/C40H27N3S/c1-40(2)33-20-14-25(24-41)22-37(33)44-36-21-19-29(23-34(36)40)38-32-11-5-6-13-35(32)42-39(43-38)28-17-15-27(16-18-28)31-12-7-9-26-8-3-4-10-30(26)31/h3-23H,1-2H3. The van der Waals surface area contributed by atoms with Gasteiger partial charge in [-0.1, -0.05) is 123 Å². The Morgan fingerprint density at radius 1 is 0.614 bits per heavy atom. The van der Waals surface area contributed by atoms with Crippen LogP contribution in [0.5, 0.6) is 0 Å². The van der Waals surface area contributed by atoms with Crippen molar-refractivity contribution in [2.45, 2.75) is 29.1 Å². The number of fused-ring (bicyclic) bond motifs is 4. The number of nitriles is 1. The number of nitrogens with zero attached hydrogens (tertiary/aromatic N) is 3. The van der Waals surface area contributed by atoms with Crippen molar-refractivity contribution in [2.75, 3.05) is 0 Å². The van der Waals surface area contributed by atoms with Gasteiger partial charge in [-0.15, -0.1) is 0 Å². The van der Waals surface area contributed by atoms with E-state index in [-0.39, 0.29) is 5.41 Å². The molecule has 0 saturated heterocycles. The molecule has 44 heavy (non-hydrogen) atoms. The molecule has 0 unspecified atom stereocenters. The zero-order valence-electron chi connectivity index (χ0n) is 24.4. The van der Waals surface area contributed by atoms with Crippen LogP contribution < -0.4 is 0 Å². The lowest BCUT2D eigenvalue weighted by Crippen LogP contribution is -2.23. The van der Waals surface area contributed by atoms with Crippen molar-refractivity contribution in [2.24, 2.45) is 0 Å². The summed E-state index contributed by atoms with van der Waals surface area (Å²) >= 11 is 1.74. The van der Waals surface area contributed by atoms with Crippen LogP contribution in [0.25, 0.3) is 55.4 Å². The normalized spacial score (nSPS) is 13.3. The second-order valence-electron chi connectivity index (χ2n) is 11.8. The molecule has 3 nitrogen and oxygen atoms in total. The molecule has 208 valence electrons. The minimum atomic E-state index is -0.219. The van der Waals surface area contributed by atoms with E-state index < -0.39 is 0 Å². The summed E-state index contributed by atoms with van der Waals surface area (Å²) in [5.74, 6) is 0.712. The predicted molar refractivity (Wildman–Crippen MR) is 181 cm³/mol. The molecule has 0 fully saturated rings. The van der Waals surface area contributed by atoms with Crippen LogP contribution in [-0.4, -0.2) is 9.97 Å². The van der Waals surface area contributed by atoms with Crippen molar-refractivity contribution >= 4 is 33.4 Å². The summed E-state index contributed by atoms with van der Waals surface area (Å²) in [5.41, 5.74) is 9.27. The Balaban J connectivity index is 1.23. The number of para-hydroxylation sites is 1. The summed E-state index contributed by atoms with van der Waals surface area (Å²) in [6, 6.07) is 46.8. The van der Waals surface area contributed by atoms with Crippen molar-refractivity contribution in [1.29, 1.82) is 5.26 Å². The molecule has 0 amide bonds. The van der Waals surface area contributed by atoms with Gasteiger partial charge in [-0.25, -0.2) is 9.97 Å². The van der Waals surface area contributed by atoms with Gasteiger partial charge >= 0.3 is 0 Å². The SMILES string of the molecule is CC1(C)c2ccc(C#N)cc2Sc2ccc(-c3nc(-c4ccc(-c5cccc6ccccc56)cc4)nc4ccccc34)cc21. The predicted octanol–water partition coefficient (Wildman–Crippen LogP) is 10.4. The number of benzene rings is 6. The molecule has 7 aromatic rings. The van der Waals surface area contributed by atoms with E-state index in [2.05, 4.69) is 129 Å². The molecule has 0 radical (unpaired) electrons. The van der Waals surface area contributed by atoms with Crippen LogP contribution in [0.2, 0.25) is 0 Å². The fourth-order valence-electron chi connectivity index (χ4n) is 6.41. The molecule has 1 aromatic heterocycles. The van der Waals surface area contributed by atoms with E-state index in [0.29, 0.717) is 11.4 Å². The molecule has 1 aliphatic heterocycles. The van der Waals surface area contributed by atoms with Gasteiger partial charge in [0.15, 0.2) is 5.82 Å². The highest BCUT2D eigenvalue weighted by Gasteiger charge is 2.33. The lowest BCUT2D eigenvalue weighted by molar-refractivity contribution is 0.607. The maximum absolute atomic E-state index is 9.45. The van der Waals surface area contributed by atoms with Crippen LogP contribution in [0.4, 0.5) is 0 Å². The molecular formula is C40H27N3S. The van der Waals surface area contributed by atoms with Gasteiger partial charge in [0.1, 0.15) is 0 Å². The first-order chi connectivity index (χ1) is 21.5. The van der Waals surface area contributed by atoms with E-state index in [0.717, 1.165) is 32.6 Å². The minimum absolute atomic E-state index is 0.219. The Labute approximate surface area is 260 Å². The molecule has 0 spiro atoms. The molecule has 0 N–H and O–H groups in total. The summed E-state index contributed by atoms with van der Waals surface area (Å²) in [7, 11) is 0. The van der Waals surface area contributed by atoms with E-state index in [1.165, 1.54) is 37.9 Å². The molecule has 0 aliphatic carbocycles. The third-order valence-corrected chi connectivity index (χ3v) is 9.91. The number of hydrogen-bond donors (Lipinski definition) is 0. The van der Waals surface area contributed by atoms with Crippen molar-refractivity contribution in [1.82, 2.24) is 9.97 Å². The lowest BCUT2D eigenvalue weighted by atomic mass is 9.76. The van der Waals surface area contributed by atoms with Crippen molar-refractivity contribution in [3.8, 4) is 39.8 Å². The zero-order valence-corrected chi connectivity index (χ0v) is 25.2. The fourth-order valence-corrected chi connectivity index (χ4v) is 7.83. The topological polar surface area (TPSA) is 49.6 Å². The monoisotopic (exact) mass is 581 g/mol. The van der Waals surface area contributed by atoms with Gasteiger partial charge in [-0.05, 0) is 63.4 Å². The maximum Gasteiger partial charge on any atom is 0.160 e. The Morgan fingerprint density at radius 2 is 1.34 bits per heavy atom. The van der Waals surface area contributed by atoms with Gasteiger partial charge in [-0.3, -0.25) is 0 Å². The first-order valence-corrected chi connectivity index (χ1v) is 15.5. The van der Waals surface area contributed by atoms with E-state index in [9.17, 15) is 5.26 Å². The van der Waals surface area contributed by atoms with Gasteiger partial charge in [0.2, 0.25) is 0 Å². The first-order valence-electron chi connectivity index (χ1n) is 14.7. The highest BCUT2D eigenvalue weighted by atomic mass is 32.2. The van der Waals surface area contributed by atoms with Crippen LogP contribution in [-0.2, 0) is 5.41 Å². The van der Waals surface area contributed by atoms with Crippen LogP contribution in [0.15, 0.2) is 137 Å².